The Morgan fingerprint density at radius 3 is 2.36 bits per heavy atom. The number of hydrogen-bond donors (Lipinski definition) is 2. The molecular weight excluding hydrogens is 180 g/mol. The lowest BCUT2D eigenvalue weighted by atomic mass is 9.90. The molecule has 2 rings (SSSR count). The number of hydrogen-bond acceptors (Lipinski definition) is 3. The van der Waals surface area contributed by atoms with Gasteiger partial charge in [0.15, 0.2) is 0 Å². The maximum absolute atomic E-state index is 10.2. The van der Waals surface area contributed by atoms with E-state index in [1.54, 1.807) is 12.1 Å². The van der Waals surface area contributed by atoms with Crippen LogP contribution < -0.4 is 0 Å². The van der Waals surface area contributed by atoms with Gasteiger partial charge in [-0.1, -0.05) is 30.3 Å². The summed E-state index contributed by atoms with van der Waals surface area (Å²) in [6.07, 6.45) is -0.262. The molecule has 0 aromatic heterocycles. The van der Waals surface area contributed by atoms with E-state index < -0.39 is 5.60 Å². The molecule has 1 fully saturated rings. The Balaban J connectivity index is 2.29. The highest BCUT2D eigenvalue weighted by atomic mass is 16.6. The monoisotopic (exact) mass is 194 g/mol. The first-order valence-corrected chi connectivity index (χ1v) is 4.72. The summed E-state index contributed by atoms with van der Waals surface area (Å²) in [5.74, 6) is 0. The van der Waals surface area contributed by atoms with Crippen molar-refractivity contribution in [2.75, 3.05) is 6.61 Å². The molecule has 0 radical (unpaired) electrons. The van der Waals surface area contributed by atoms with Crippen LogP contribution in [0.5, 0.6) is 0 Å². The first-order chi connectivity index (χ1) is 6.68. The van der Waals surface area contributed by atoms with Crippen molar-refractivity contribution in [2.24, 2.45) is 0 Å². The second-order valence-corrected chi connectivity index (χ2v) is 3.71. The van der Waals surface area contributed by atoms with Crippen molar-refractivity contribution >= 4 is 0 Å². The van der Waals surface area contributed by atoms with Crippen LogP contribution in [-0.4, -0.2) is 29.0 Å². The van der Waals surface area contributed by atoms with Gasteiger partial charge in [-0.05, 0) is 12.5 Å². The van der Waals surface area contributed by atoms with Crippen LogP contribution in [0.2, 0.25) is 0 Å². The SMILES string of the molecule is CC1OC1C(O)(CO)c1ccccc1. The minimum atomic E-state index is -1.25. The first-order valence-electron chi connectivity index (χ1n) is 4.72. The molecule has 0 aliphatic carbocycles. The highest BCUT2D eigenvalue weighted by Crippen LogP contribution is 2.38. The van der Waals surface area contributed by atoms with Crippen LogP contribution in [0.15, 0.2) is 30.3 Å². The van der Waals surface area contributed by atoms with E-state index in [2.05, 4.69) is 0 Å². The number of aliphatic hydroxyl groups excluding tert-OH is 1. The van der Waals surface area contributed by atoms with E-state index in [9.17, 15) is 10.2 Å². The van der Waals surface area contributed by atoms with E-state index >= 15 is 0 Å². The molecule has 0 bridgehead atoms. The number of epoxide rings is 1. The lowest BCUT2D eigenvalue weighted by Gasteiger charge is -2.24. The summed E-state index contributed by atoms with van der Waals surface area (Å²) in [4.78, 5) is 0. The van der Waals surface area contributed by atoms with Crippen LogP contribution in [-0.2, 0) is 10.3 Å². The second kappa shape index (κ2) is 3.35. The molecule has 1 aromatic carbocycles. The van der Waals surface area contributed by atoms with Gasteiger partial charge in [-0.15, -0.1) is 0 Å². The van der Waals surface area contributed by atoms with E-state index in [0.717, 1.165) is 0 Å². The maximum atomic E-state index is 10.2. The van der Waals surface area contributed by atoms with Crippen molar-refractivity contribution in [1.29, 1.82) is 0 Å². The van der Waals surface area contributed by atoms with Gasteiger partial charge < -0.3 is 14.9 Å². The molecular formula is C11H14O3. The molecule has 1 aromatic rings. The molecule has 1 aliphatic rings. The lowest BCUT2D eigenvalue weighted by Crippen LogP contribution is -2.37. The summed E-state index contributed by atoms with van der Waals surface area (Å²) in [7, 11) is 0. The lowest BCUT2D eigenvalue weighted by molar-refractivity contribution is -0.0409. The fraction of sp³-hybridized carbons (Fsp3) is 0.455. The van der Waals surface area contributed by atoms with Crippen LogP contribution in [0.3, 0.4) is 0 Å². The summed E-state index contributed by atoms with van der Waals surface area (Å²) in [6.45, 7) is 1.57. The Morgan fingerprint density at radius 1 is 1.36 bits per heavy atom. The van der Waals surface area contributed by atoms with E-state index in [4.69, 9.17) is 4.74 Å². The zero-order valence-electron chi connectivity index (χ0n) is 8.05. The van der Waals surface area contributed by atoms with E-state index in [-0.39, 0.29) is 18.8 Å². The standard InChI is InChI=1S/C11H14O3/c1-8-10(14-8)11(13,7-12)9-5-3-2-4-6-9/h2-6,8,10,12-13H,7H2,1H3. The minimum absolute atomic E-state index is 0.0207. The molecule has 0 spiro atoms. The zero-order chi connectivity index (χ0) is 10.2. The van der Waals surface area contributed by atoms with Gasteiger partial charge in [-0.25, -0.2) is 0 Å². The maximum Gasteiger partial charge on any atom is 0.141 e. The van der Waals surface area contributed by atoms with Gasteiger partial charge in [0.05, 0.1) is 12.7 Å². The Morgan fingerprint density at radius 2 is 1.93 bits per heavy atom. The van der Waals surface area contributed by atoms with E-state index in [1.807, 2.05) is 25.1 Å². The van der Waals surface area contributed by atoms with Crippen molar-refractivity contribution in [2.45, 2.75) is 24.7 Å². The van der Waals surface area contributed by atoms with E-state index in [0.29, 0.717) is 5.56 Å². The van der Waals surface area contributed by atoms with Crippen LogP contribution in [0.1, 0.15) is 12.5 Å². The fourth-order valence-corrected chi connectivity index (χ4v) is 1.76. The predicted octanol–water partition coefficient (Wildman–Crippen LogP) is 0.654. The molecule has 1 heterocycles. The highest BCUT2D eigenvalue weighted by Gasteiger charge is 2.52. The van der Waals surface area contributed by atoms with Crippen molar-refractivity contribution in [1.82, 2.24) is 0 Å². The van der Waals surface area contributed by atoms with Gasteiger partial charge in [0.2, 0.25) is 0 Å². The first kappa shape index (κ1) is 9.65. The normalized spacial score (nSPS) is 29.6. The molecule has 1 aliphatic heterocycles. The minimum Gasteiger partial charge on any atom is -0.393 e. The summed E-state index contributed by atoms with van der Waals surface area (Å²) >= 11 is 0. The van der Waals surface area contributed by atoms with E-state index in [1.165, 1.54) is 0 Å². The quantitative estimate of drug-likeness (QED) is 0.695. The van der Waals surface area contributed by atoms with Crippen LogP contribution in [0.4, 0.5) is 0 Å². The third kappa shape index (κ3) is 1.43. The van der Waals surface area contributed by atoms with Gasteiger partial charge in [-0.3, -0.25) is 0 Å². The number of rotatable bonds is 3. The molecule has 3 unspecified atom stereocenters. The van der Waals surface area contributed by atoms with Crippen molar-refractivity contribution < 1.29 is 14.9 Å². The Labute approximate surface area is 83.0 Å². The second-order valence-electron chi connectivity index (χ2n) is 3.71. The molecule has 2 N–H and O–H groups in total. The van der Waals surface area contributed by atoms with Crippen molar-refractivity contribution in [3.05, 3.63) is 35.9 Å². The van der Waals surface area contributed by atoms with Gasteiger partial charge in [0, 0.05) is 0 Å². The summed E-state index contributed by atoms with van der Waals surface area (Å²) in [5, 5.41) is 19.5. The number of aliphatic hydroxyl groups is 2. The average molecular weight is 194 g/mol. The molecule has 14 heavy (non-hydrogen) atoms. The largest absolute Gasteiger partial charge is 0.393 e. The highest BCUT2D eigenvalue weighted by molar-refractivity contribution is 5.26. The third-order valence-electron chi connectivity index (χ3n) is 2.70. The van der Waals surface area contributed by atoms with Crippen LogP contribution in [0.25, 0.3) is 0 Å². The van der Waals surface area contributed by atoms with Crippen molar-refractivity contribution in [3.8, 4) is 0 Å². The van der Waals surface area contributed by atoms with Crippen LogP contribution >= 0.6 is 0 Å². The number of benzene rings is 1. The molecule has 76 valence electrons. The Hall–Kier alpha value is -0.900. The Kier molecular flexibility index (Phi) is 2.31. The average Bonchev–Trinajstić information content (AvgIpc) is 2.96. The zero-order valence-corrected chi connectivity index (χ0v) is 8.05. The molecule has 1 saturated heterocycles. The summed E-state index contributed by atoms with van der Waals surface area (Å²) in [5.41, 5.74) is -0.544. The smallest absolute Gasteiger partial charge is 0.141 e. The van der Waals surface area contributed by atoms with Gasteiger partial charge in [-0.2, -0.15) is 0 Å². The topological polar surface area (TPSA) is 53.0 Å². The predicted molar refractivity (Wildman–Crippen MR) is 51.8 cm³/mol. The third-order valence-corrected chi connectivity index (χ3v) is 2.70. The number of ether oxygens (including phenoxy) is 1. The van der Waals surface area contributed by atoms with Crippen LogP contribution in [0, 0.1) is 0 Å². The van der Waals surface area contributed by atoms with Gasteiger partial charge >= 0.3 is 0 Å². The molecule has 0 saturated carbocycles. The van der Waals surface area contributed by atoms with Crippen molar-refractivity contribution in [3.63, 3.8) is 0 Å². The summed E-state index contributed by atoms with van der Waals surface area (Å²) < 4.78 is 5.22. The Bertz CT molecular complexity index is 312. The molecule has 3 atom stereocenters. The molecule has 0 amide bonds. The molecule has 3 nitrogen and oxygen atoms in total. The fourth-order valence-electron chi connectivity index (χ4n) is 1.76. The molecule has 3 heteroatoms. The summed E-state index contributed by atoms with van der Waals surface area (Å²) in [6, 6.07) is 9.14. The van der Waals surface area contributed by atoms with Gasteiger partial charge in [0.25, 0.3) is 0 Å². The van der Waals surface area contributed by atoms with Gasteiger partial charge in [0.1, 0.15) is 11.7 Å².